The Kier molecular flexibility index (Phi) is 4.92. The molecule has 2 heterocycles. The number of hydrogen-bond acceptors (Lipinski definition) is 3. The first kappa shape index (κ1) is 15.8. The predicted octanol–water partition coefficient (Wildman–Crippen LogP) is 2.73. The van der Waals surface area contributed by atoms with Gasteiger partial charge in [-0.3, -0.25) is 9.80 Å². The number of piperazine rings is 1. The molecule has 4 unspecified atom stereocenters. The number of hydrogen-bond donors (Lipinski definition) is 1. The molecule has 0 aromatic carbocycles. The molecule has 122 valence electrons. The van der Waals surface area contributed by atoms with Crippen LogP contribution < -0.4 is 0 Å². The molecule has 2 saturated heterocycles. The maximum absolute atomic E-state index is 10.1. The number of aliphatic hydroxyl groups excluding tert-OH is 1. The van der Waals surface area contributed by atoms with Crippen molar-refractivity contribution in [2.75, 3.05) is 32.8 Å². The van der Waals surface area contributed by atoms with Crippen molar-refractivity contribution < 1.29 is 5.11 Å². The van der Waals surface area contributed by atoms with Gasteiger partial charge in [0.25, 0.3) is 0 Å². The van der Waals surface area contributed by atoms with Crippen molar-refractivity contribution in [3.8, 4) is 0 Å². The molecule has 0 spiro atoms. The van der Waals surface area contributed by atoms with Crippen molar-refractivity contribution in [1.29, 1.82) is 0 Å². The lowest BCUT2D eigenvalue weighted by Crippen LogP contribution is -2.60. The lowest BCUT2D eigenvalue weighted by molar-refractivity contribution is -0.0362. The molecule has 1 aliphatic carbocycles. The Balaban J connectivity index is 1.65. The van der Waals surface area contributed by atoms with Gasteiger partial charge in [-0.1, -0.05) is 26.2 Å². The summed E-state index contributed by atoms with van der Waals surface area (Å²) in [6.45, 7) is 10.0. The molecule has 2 aliphatic heterocycles. The van der Waals surface area contributed by atoms with Crippen molar-refractivity contribution in [2.45, 2.75) is 70.9 Å². The number of piperidine rings is 1. The summed E-state index contributed by atoms with van der Waals surface area (Å²) in [5, 5.41) is 10.1. The number of nitrogens with zero attached hydrogens (tertiary/aromatic N) is 2. The van der Waals surface area contributed by atoms with Crippen LogP contribution in [0.25, 0.3) is 0 Å². The molecule has 4 atom stereocenters. The van der Waals surface area contributed by atoms with Crippen LogP contribution in [0.15, 0.2) is 0 Å². The van der Waals surface area contributed by atoms with E-state index in [1.807, 2.05) is 0 Å². The van der Waals surface area contributed by atoms with Gasteiger partial charge in [-0.05, 0) is 45.1 Å². The van der Waals surface area contributed by atoms with Gasteiger partial charge >= 0.3 is 0 Å². The molecule has 0 aromatic heterocycles. The third-order valence-electron chi connectivity index (χ3n) is 6.38. The summed E-state index contributed by atoms with van der Waals surface area (Å²) in [5.41, 5.74) is 0.183. The van der Waals surface area contributed by atoms with E-state index in [1.54, 1.807) is 0 Å². The molecule has 0 radical (unpaired) electrons. The van der Waals surface area contributed by atoms with Crippen LogP contribution in [0.5, 0.6) is 0 Å². The van der Waals surface area contributed by atoms with Crippen LogP contribution in [0, 0.1) is 11.3 Å². The van der Waals surface area contributed by atoms with E-state index < -0.39 is 0 Å². The maximum Gasteiger partial charge on any atom is 0.0499 e. The number of aliphatic hydroxyl groups is 1. The first-order valence-electron chi connectivity index (χ1n) is 9.21. The molecule has 0 amide bonds. The Morgan fingerprint density at radius 1 is 1.10 bits per heavy atom. The Morgan fingerprint density at radius 2 is 1.95 bits per heavy atom. The average molecular weight is 294 g/mol. The van der Waals surface area contributed by atoms with Gasteiger partial charge in [0.1, 0.15) is 0 Å². The van der Waals surface area contributed by atoms with Gasteiger partial charge in [0, 0.05) is 43.7 Å². The molecule has 1 N–H and O–H groups in total. The summed E-state index contributed by atoms with van der Waals surface area (Å²) in [5.74, 6) is 0.789. The minimum Gasteiger partial charge on any atom is -0.396 e. The quantitative estimate of drug-likeness (QED) is 0.867. The first-order chi connectivity index (χ1) is 10.1. The second kappa shape index (κ2) is 6.55. The molecule has 3 rings (SSSR count). The zero-order valence-electron chi connectivity index (χ0n) is 14.1. The zero-order valence-corrected chi connectivity index (χ0v) is 14.1. The van der Waals surface area contributed by atoms with E-state index in [2.05, 4.69) is 23.6 Å². The highest BCUT2D eigenvalue weighted by Gasteiger charge is 2.40. The predicted molar refractivity (Wildman–Crippen MR) is 87.4 cm³/mol. The van der Waals surface area contributed by atoms with E-state index in [4.69, 9.17) is 0 Å². The monoisotopic (exact) mass is 294 g/mol. The Labute approximate surface area is 130 Å². The second-order valence-corrected chi connectivity index (χ2v) is 8.28. The van der Waals surface area contributed by atoms with Gasteiger partial charge in [0.15, 0.2) is 0 Å². The highest BCUT2D eigenvalue weighted by Crippen LogP contribution is 2.40. The smallest absolute Gasteiger partial charge is 0.0499 e. The van der Waals surface area contributed by atoms with E-state index in [9.17, 15) is 5.11 Å². The van der Waals surface area contributed by atoms with E-state index in [0.29, 0.717) is 12.6 Å². The minimum absolute atomic E-state index is 0.183. The Morgan fingerprint density at radius 3 is 2.71 bits per heavy atom. The topological polar surface area (TPSA) is 26.7 Å². The fraction of sp³-hybridized carbons (Fsp3) is 1.00. The molecule has 3 nitrogen and oxygen atoms in total. The molecule has 0 bridgehead atoms. The van der Waals surface area contributed by atoms with Gasteiger partial charge in [0.05, 0.1) is 0 Å². The van der Waals surface area contributed by atoms with Crippen LogP contribution >= 0.6 is 0 Å². The summed E-state index contributed by atoms with van der Waals surface area (Å²) >= 11 is 0. The second-order valence-electron chi connectivity index (χ2n) is 8.28. The zero-order chi connectivity index (χ0) is 14.9. The first-order valence-corrected chi connectivity index (χ1v) is 9.21. The number of fused-ring (bicyclic) bond motifs is 1. The molecule has 0 aromatic rings. The van der Waals surface area contributed by atoms with Crippen LogP contribution in [0.4, 0.5) is 0 Å². The van der Waals surface area contributed by atoms with Gasteiger partial charge in [-0.25, -0.2) is 0 Å². The lowest BCUT2D eigenvalue weighted by Gasteiger charge is -2.51. The SMILES string of the molecule is CC1CCCC(CO)(CN2CC3CCCCN3CC2C)C1. The van der Waals surface area contributed by atoms with Gasteiger partial charge in [-0.2, -0.15) is 0 Å². The van der Waals surface area contributed by atoms with Crippen molar-refractivity contribution in [1.82, 2.24) is 9.80 Å². The fourth-order valence-corrected chi connectivity index (χ4v) is 5.17. The van der Waals surface area contributed by atoms with Crippen LogP contribution in [0.3, 0.4) is 0 Å². The summed E-state index contributed by atoms with van der Waals surface area (Å²) in [6, 6.07) is 1.44. The maximum atomic E-state index is 10.1. The standard InChI is InChI=1S/C18H34N2O/c1-15-6-5-8-18(10-15,14-21)13-20-12-17-7-3-4-9-19(17)11-16(20)2/h15-17,21H,3-14H2,1-2H3. The minimum atomic E-state index is 0.183. The van der Waals surface area contributed by atoms with Crippen molar-refractivity contribution >= 4 is 0 Å². The molecule has 21 heavy (non-hydrogen) atoms. The third-order valence-corrected chi connectivity index (χ3v) is 6.38. The highest BCUT2D eigenvalue weighted by atomic mass is 16.3. The van der Waals surface area contributed by atoms with Gasteiger partial charge < -0.3 is 5.11 Å². The largest absolute Gasteiger partial charge is 0.396 e. The van der Waals surface area contributed by atoms with Crippen LogP contribution in [-0.2, 0) is 0 Å². The molecule has 3 fully saturated rings. The summed E-state index contributed by atoms with van der Waals surface area (Å²) < 4.78 is 0. The normalized spacial score (nSPS) is 42.7. The number of rotatable bonds is 3. The highest BCUT2D eigenvalue weighted by molar-refractivity contribution is 4.94. The van der Waals surface area contributed by atoms with Crippen molar-refractivity contribution in [2.24, 2.45) is 11.3 Å². The van der Waals surface area contributed by atoms with Crippen LogP contribution in [-0.4, -0.2) is 59.8 Å². The van der Waals surface area contributed by atoms with Crippen molar-refractivity contribution in [3.63, 3.8) is 0 Å². The average Bonchev–Trinajstić information content (AvgIpc) is 2.48. The van der Waals surface area contributed by atoms with E-state index in [-0.39, 0.29) is 5.41 Å². The molecule has 3 aliphatic rings. The fourth-order valence-electron chi connectivity index (χ4n) is 5.17. The van der Waals surface area contributed by atoms with Crippen molar-refractivity contribution in [3.05, 3.63) is 0 Å². The third kappa shape index (κ3) is 3.46. The van der Waals surface area contributed by atoms with Gasteiger partial charge in [0.2, 0.25) is 0 Å². The Bertz CT molecular complexity index is 348. The van der Waals surface area contributed by atoms with E-state index >= 15 is 0 Å². The lowest BCUT2D eigenvalue weighted by atomic mass is 9.70. The van der Waals surface area contributed by atoms with Crippen LogP contribution in [0.1, 0.15) is 58.8 Å². The molecule has 3 heteroatoms. The van der Waals surface area contributed by atoms with Crippen LogP contribution in [0.2, 0.25) is 0 Å². The summed E-state index contributed by atoms with van der Waals surface area (Å²) in [7, 11) is 0. The molecular weight excluding hydrogens is 260 g/mol. The summed E-state index contributed by atoms with van der Waals surface area (Å²) in [4.78, 5) is 5.43. The summed E-state index contributed by atoms with van der Waals surface area (Å²) in [6.07, 6.45) is 9.29. The molecule has 1 saturated carbocycles. The van der Waals surface area contributed by atoms with E-state index in [1.165, 1.54) is 64.6 Å². The van der Waals surface area contributed by atoms with Gasteiger partial charge in [-0.15, -0.1) is 0 Å². The Hall–Kier alpha value is -0.120. The van der Waals surface area contributed by atoms with E-state index in [0.717, 1.165) is 18.5 Å². The molecular formula is C18H34N2O.